The minimum Gasteiger partial charge on any atom is -0.448 e. The Morgan fingerprint density at radius 2 is 1.97 bits per heavy atom. The lowest BCUT2D eigenvalue weighted by Crippen LogP contribution is -2.39. The molecule has 1 amide bonds. The van der Waals surface area contributed by atoms with E-state index in [1.165, 1.54) is 12.1 Å². The second-order valence-corrected chi connectivity index (χ2v) is 11.9. The summed E-state index contributed by atoms with van der Waals surface area (Å²) in [6.45, 7) is 3.89. The molecule has 4 N–H and O–H groups in total. The fourth-order valence-corrected chi connectivity index (χ4v) is 5.62. The van der Waals surface area contributed by atoms with E-state index < -0.39 is 26.0 Å². The maximum absolute atomic E-state index is 12.7. The van der Waals surface area contributed by atoms with E-state index in [1.54, 1.807) is 18.3 Å². The Morgan fingerprint density at radius 1 is 1.18 bits per heavy atom. The summed E-state index contributed by atoms with van der Waals surface area (Å²) in [4.78, 5) is 36.3. The Labute approximate surface area is 217 Å². The molecule has 4 aromatic rings. The summed E-state index contributed by atoms with van der Waals surface area (Å²) in [5.41, 5.74) is 2.09. The number of aliphatic hydroxyl groups excluding tert-OH is 1. The van der Waals surface area contributed by atoms with Crippen molar-refractivity contribution in [3.05, 3.63) is 48.7 Å². The fourth-order valence-electron chi connectivity index (χ4n) is 5.14. The van der Waals surface area contributed by atoms with Gasteiger partial charge in [0.15, 0.2) is 17.3 Å². The number of aliphatic hydroxyl groups is 1. The van der Waals surface area contributed by atoms with Crippen LogP contribution >= 0.6 is 7.60 Å². The molecule has 1 saturated carbocycles. The van der Waals surface area contributed by atoms with Gasteiger partial charge < -0.3 is 34.1 Å². The molecule has 1 fully saturated rings. The first-order valence-electron chi connectivity index (χ1n) is 12.1. The van der Waals surface area contributed by atoms with Crippen molar-refractivity contribution < 1.29 is 38.1 Å². The number of hydrogen-bond acceptors (Lipinski definition) is 7. The van der Waals surface area contributed by atoms with Gasteiger partial charge in [-0.25, -0.2) is 4.98 Å². The number of ether oxygens (including phenoxy) is 2. The van der Waals surface area contributed by atoms with Gasteiger partial charge in [-0.05, 0) is 54.7 Å². The molecule has 38 heavy (non-hydrogen) atoms. The van der Waals surface area contributed by atoms with Gasteiger partial charge in [-0.15, -0.1) is 0 Å². The highest BCUT2D eigenvalue weighted by atomic mass is 31.2. The van der Waals surface area contributed by atoms with E-state index in [0.717, 1.165) is 12.8 Å². The maximum Gasteiger partial charge on any atom is 0.391 e. The number of fused-ring (bicyclic) bond motifs is 2. The van der Waals surface area contributed by atoms with Crippen molar-refractivity contribution in [2.75, 3.05) is 11.9 Å². The van der Waals surface area contributed by atoms with Crippen LogP contribution in [0.2, 0.25) is 0 Å². The Hall–Kier alpha value is -3.63. The summed E-state index contributed by atoms with van der Waals surface area (Å²) in [7, 11) is -4.61. The van der Waals surface area contributed by atoms with Crippen LogP contribution in [0.3, 0.4) is 0 Å². The van der Waals surface area contributed by atoms with E-state index in [4.69, 9.17) is 13.9 Å². The first-order chi connectivity index (χ1) is 18.0. The van der Waals surface area contributed by atoms with Gasteiger partial charge in [0.25, 0.3) is 6.29 Å². The summed E-state index contributed by atoms with van der Waals surface area (Å²) in [5, 5.41) is 12.5. The summed E-state index contributed by atoms with van der Waals surface area (Å²) >= 11 is 0. The number of carbonyl (C=O) groups is 1. The van der Waals surface area contributed by atoms with Gasteiger partial charge in [-0.2, -0.15) is 0 Å². The maximum atomic E-state index is 12.7. The average Bonchev–Trinajstić information content (AvgIpc) is 3.58. The lowest BCUT2D eigenvalue weighted by molar-refractivity contribution is -0.126. The number of aromatic nitrogens is 2. The number of furan rings is 1. The standard InChI is InChI=1S/C26H26N3O8P/c1-26(2)10-15(11-26)25(31)28-20-12-29-17(4-3-5-21(29)27-20)14-8-16(18-6-7-23(36-18)38(32,33)34)24-19(9-14)35-22(13-30)37-24/h3-9,12,15,22,30H,10-11,13H2,1-2H3,(H,28,31)(H2,32,33,34). The third-order valence-electron chi connectivity index (χ3n) is 6.86. The largest absolute Gasteiger partial charge is 0.448 e. The summed E-state index contributed by atoms with van der Waals surface area (Å²) < 4.78 is 30.5. The molecule has 198 valence electrons. The third-order valence-corrected chi connectivity index (χ3v) is 7.68. The van der Waals surface area contributed by atoms with E-state index in [9.17, 15) is 24.3 Å². The molecule has 12 heteroatoms. The molecule has 3 aromatic heterocycles. The molecule has 1 aromatic carbocycles. The van der Waals surface area contributed by atoms with Crippen LogP contribution in [-0.4, -0.2) is 43.1 Å². The molecule has 2 aliphatic rings. The molecule has 1 aliphatic carbocycles. The van der Waals surface area contributed by atoms with Gasteiger partial charge in [0.1, 0.15) is 18.0 Å². The van der Waals surface area contributed by atoms with Crippen molar-refractivity contribution >= 4 is 30.5 Å². The van der Waals surface area contributed by atoms with Crippen molar-refractivity contribution in [2.24, 2.45) is 11.3 Å². The Balaban J connectivity index is 1.40. The minimum absolute atomic E-state index is 0.0310. The second-order valence-electron chi connectivity index (χ2n) is 10.4. The van der Waals surface area contributed by atoms with Gasteiger partial charge >= 0.3 is 7.60 Å². The average molecular weight is 539 g/mol. The van der Waals surface area contributed by atoms with Crippen LogP contribution in [0.5, 0.6) is 11.5 Å². The SMILES string of the molecule is CC1(C)CC(C(=O)Nc2cn3c(-c4cc5c(c(-c6ccc(P(=O)(O)O)o6)c4)OC(CO)O5)cccc3n2)C1. The van der Waals surface area contributed by atoms with E-state index >= 15 is 0 Å². The zero-order valence-electron chi connectivity index (χ0n) is 20.6. The number of carbonyl (C=O) groups excluding carboxylic acids is 1. The van der Waals surface area contributed by atoms with Gasteiger partial charge in [0, 0.05) is 11.5 Å². The lowest BCUT2D eigenvalue weighted by atomic mass is 9.64. The number of imidazole rings is 1. The van der Waals surface area contributed by atoms with Crippen molar-refractivity contribution in [1.29, 1.82) is 0 Å². The molecule has 0 radical (unpaired) electrons. The van der Waals surface area contributed by atoms with E-state index in [0.29, 0.717) is 34.0 Å². The Morgan fingerprint density at radius 3 is 2.66 bits per heavy atom. The molecular formula is C26H26N3O8P. The van der Waals surface area contributed by atoms with Crippen LogP contribution in [0, 0.1) is 11.3 Å². The molecule has 11 nitrogen and oxygen atoms in total. The van der Waals surface area contributed by atoms with Gasteiger partial charge in [-0.3, -0.25) is 13.8 Å². The second kappa shape index (κ2) is 8.71. The van der Waals surface area contributed by atoms with Crippen LogP contribution < -0.4 is 20.3 Å². The number of rotatable bonds is 6. The smallest absolute Gasteiger partial charge is 0.391 e. The minimum atomic E-state index is -4.61. The normalized spacial score (nSPS) is 18.5. The van der Waals surface area contributed by atoms with Crippen molar-refractivity contribution in [1.82, 2.24) is 9.38 Å². The van der Waals surface area contributed by atoms with Crippen molar-refractivity contribution in [3.8, 4) is 34.1 Å². The highest BCUT2D eigenvalue weighted by Gasteiger charge is 2.40. The van der Waals surface area contributed by atoms with Crippen LogP contribution in [-0.2, 0) is 9.36 Å². The van der Waals surface area contributed by atoms with E-state index in [-0.39, 0.29) is 28.7 Å². The predicted molar refractivity (Wildman–Crippen MR) is 137 cm³/mol. The number of pyridine rings is 1. The highest BCUT2D eigenvalue weighted by molar-refractivity contribution is 7.59. The molecule has 0 bridgehead atoms. The Kier molecular flexibility index (Phi) is 5.66. The topological polar surface area (TPSA) is 156 Å². The van der Waals surface area contributed by atoms with Gasteiger partial charge in [-0.1, -0.05) is 19.9 Å². The molecule has 1 atom stereocenters. The van der Waals surface area contributed by atoms with Crippen LogP contribution in [0.15, 0.2) is 53.1 Å². The van der Waals surface area contributed by atoms with Crippen LogP contribution in [0.4, 0.5) is 5.82 Å². The quantitative estimate of drug-likeness (QED) is 0.269. The van der Waals surface area contributed by atoms with E-state index in [1.807, 2.05) is 22.6 Å². The molecular weight excluding hydrogens is 513 g/mol. The fraction of sp³-hybridized carbons (Fsp3) is 0.308. The number of benzene rings is 1. The Bertz CT molecular complexity index is 1610. The lowest BCUT2D eigenvalue weighted by Gasteiger charge is -2.41. The molecule has 1 aliphatic heterocycles. The zero-order valence-corrected chi connectivity index (χ0v) is 21.5. The monoisotopic (exact) mass is 539 g/mol. The number of amides is 1. The molecule has 0 saturated heterocycles. The molecule has 6 rings (SSSR count). The first-order valence-corrected chi connectivity index (χ1v) is 13.7. The van der Waals surface area contributed by atoms with Gasteiger partial charge in [0.2, 0.25) is 11.4 Å². The van der Waals surface area contributed by atoms with Crippen molar-refractivity contribution in [3.63, 3.8) is 0 Å². The summed E-state index contributed by atoms with van der Waals surface area (Å²) in [6, 6.07) is 11.7. The number of hydrogen-bond donors (Lipinski definition) is 4. The summed E-state index contributed by atoms with van der Waals surface area (Å²) in [6.07, 6.45) is 2.48. The van der Waals surface area contributed by atoms with Crippen LogP contribution in [0.25, 0.3) is 28.2 Å². The van der Waals surface area contributed by atoms with E-state index in [2.05, 4.69) is 24.1 Å². The number of nitrogens with one attached hydrogen (secondary N) is 1. The molecule has 0 spiro atoms. The number of nitrogens with zero attached hydrogens (tertiary/aromatic N) is 2. The molecule has 4 heterocycles. The highest BCUT2D eigenvalue weighted by Crippen LogP contribution is 2.47. The van der Waals surface area contributed by atoms with Gasteiger partial charge in [0.05, 0.1) is 17.5 Å². The predicted octanol–water partition coefficient (Wildman–Crippen LogP) is 3.53. The first kappa shape index (κ1) is 24.7. The third kappa shape index (κ3) is 4.37. The zero-order chi connectivity index (χ0) is 26.8. The molecule has 1 unspecified atom stereocenters. The number of anilines is 1. The van der Waals surface area contributed by atoms with Crippen molar-refractivity contribution in [2.45, 2.75) is 33.0 Å². The van der Waals surface area contributed by atoms with Crippen LogP contribution in [0.1, 0.15) is 26.7 Å². The summed E-state index contributed by atoms with van der Waals surface area (Å²) in [5.74, 6) is 1.14.